The zero-order chi connectivity index (χ0) is 18.8. The van der Waals surface area contributed by atoms with Crippen LogP contribution in [0.1, 0.15) is 17.5 Å². The van der Waals surface area contributed by atoms with Gasteiger partial charge in [-0.2, -0.15) is 5.26 Å². The van der Waals surface area contributed by atoms with Crippen LogP contribution in [0.25, 0.3) is 0 Å². The molecule has 0 spiro atoms. The van der Waals surface area contributed by atoms with Gasteiger partial charge >= 0.3 is 0 Å². The van der Waals surface area contributed by atoms with E-state index < -0.39 is 0 Å². The smallest absolute Gasteiger partial charge is 0.234 e. The molecule has 0 unspecified atom stereocenters. The number of aryl methyl sites for hydroxylation is 1. The van der Waals surface area contributed by atoms with Crippen LogP contribution >= 0.6 is 0 Å². The number of hydrogen-bond donors (Lipinski definition) is 1. The first-order valence-electron chi connectivity index (χ1n) is 8.25. The lowest BCUT2D eigenvalue weighted by Crippen LogP contribution is -2.21. The van der Waals surface area contributed by atoms with E-state index in [1.54, 1.807) is 19.2 Å². The van der Waals surface area contributed by atoms with Gasteiger partial charge in [-0.15, -0.1) is 0 Å². The Bertz CT molecular complexity index is 766. The molecule has 0 aromatic heterocycles. The largest absolute Gasteiger partial charge is 0.493 e. The van der Waals surface area contributed by atoms with Gasteiger partial charge in [-0.1, -0.05) is 23.8 Å². The Morgan fingerprint density at radius 3 is 2.50 bits per heavy atom. The predicted molar refractivity (Wildman–Crippen MR) is 97.2 cm³/mol. The summed E-state index contributed by atoms with van der Waals surface area (Å²) in [4.78, 5) is 11.3. The summed E-state index contributed by atoms with van der Waals surface area (Å²) in [6.45, 7) is 3.14. The van der Waals surface area contributed by atoms with Crippen LogP contribution in [-0.4, -0.2) is 26.2 Å². The third kappa shape index (κ3) is 6.02. The van der Waals surface area contributed by atoms with Crippen LogP contribution in [0.2, 0.25) is 0 Å². The van der Waals surface area contributed by atoms with E-state index in [1.807, 2.05) is 43.3 Å². The number of hydrogen-bond acceptors (Lipinski definition) is 5. The lowest BCUT2D eigenvalue weighted by Gasteiger charge is -2.13. The molecule has 2 rings (SSSR count). The van der Waals surface area contributed by atoms with Crippen molar-refractivity contribution in [3.63, 3.8) is 0 Å². The molecule has 0 saturated heterocycles. The van der Waals surface area contributed by atoms with Crippen molar-refractivity contribution in [2.24, 2.45) is 0 Å². The predicted octanol–water partition coefficient (Wildman–Crippen LogP) is 2.99. The number of nitrogens with zero attached hydrogens (tertiary/aromatic N) is 1. The van der Waals surface area contributed by atoms with Crippen molar-refractivity contribution in [1.29, 1.82) is 5.26 Å². The average Bonchev–Trinajstić information content (AvgIpc) is 2.65. The minimum absolute atomic E-state index is 0.153. The van der Waals surface area contributed by atoms with E-state index in [2.05, 4.69) is 5.32 Å². The minimum atomic E-state index is -0.306. The molecule has 2 aromatic rings. The summed E-state index contributed by atoms with van der Waals surface area (Å²) in [7, 11) is 1.56. The summed E-state index contributed by atoms with van der Waals surface area (Å²) in [5.74, 6) is 1.68. The maximum atomic E-state index is 11.3. The Kier molecular flexibility index (Phi) is 7.31. The van der Waals surface area contributed by atoms with Gasteiger partial charge in [0.25, 0.3) is 0 Å². The van der Waals surface area contributed by atoms with E-state index in [9.17, 15) is 4.79 Å². The minimum Gasteiger partial charge on any atom is -0.493 e. The van der Waals surface area contributed by atoms with Gasteiger partial charge in [0.05, 0.1) is 13.2 Å². The molecule has 0 saturated carbocycles. The molecule has 6 nitrogen and oxygen atoms in total. The fourth-order valence-electron chi connectivity index (χ4n) is 2.22. The summed E-state index contributed by atoms with van der Waals surface area (Å²) in [6.07, 6.45) is -0.153. The summed E-state index contributed by atoms with van der Waals surface area (Å²) in [5.41, 5.74) is 2.04. The van der Waals surface area contributed by atoms with Gasteiger partial charge < -0.3 is 19.5 Å². The van der Waals surface area contributed by atoms with Crippen molar-refractivity contribution in [2.45, 2.75) is 19.9 Å². The molecule has 0 heterocycles. The molecule has 0 aliphatic rings. The number of nitriles is 1. The molecule has 26 heavy (non-hydrogen) atoms. The monoisotopic (exact) mass is 354 g/mol. The topological polar surface area (TPSA) is 80.6 Å². The Labute approximate surface area is 153 Å². The van der Waals surface area contributed by atoms with Gasteiger partial charge in [0.1, 0.15) is 25.4 Å². The highest BCUT2D eigenvalue weighted by atomic mass is 16.5. The first-order chi connectivity index (χ1) is 12.6. The third-order valence-electron chi connectivity index (χ3n) is 3.59. The molecule has 1 amide bonds. The maximum absolute atomic E-state index is 11.3. The van der Waals surface area contributed by atoms with Crippen molar-refractivity contribution in [2.75, 3.05) is 20.3 Å². The van der Waals surface area contributed by atoms with Crippen molar-refractivity contribution >= 4 is 5.91 Å². The molecular weight excluding hydrogens is 332 g/mol. The molecule has 2 aromatic carbocycles. The molecule has 6 heteroatoms. The zero-order valence-electron chi connectivity index (χ0n) is 15.0. The molecule has 0 bridgehead atoms. The molecule has 0 aliphatic heterocycles. The van der Waals surface area contributed by atoms with Crippen molar-refractivity contribution < 1.29 is 19.0 Å². The first kappa shape index (κ1) is 19.1. The number of carbonyl (C=O) groups is 1. The molecule has 1 N–H and O–H groups in total. The third-order valence-corrected chi connectivity index (χ3v) is 3.59. The molecule has 0 radical (unpaired) electrons. The number of amides is 1. The summed E-state index contributed by atoms with van der Waals surface area (Å²) < 4.78 is 16.7. The summed E-state index contributed by atoms with van der Waals surface area (Å²) in [5, 5.41) is 11.1. The Balaban J connectivity index is 1.83. The van der Waals surface area contributed by atoms with Gasteiger partial charge in [0, 0.05) is 6.54 Å². The first-order valence-corrected chi connectivity index (χ1v) is 8.25. The highest BCUT2D eigenvalue weighted by Gasteiger charge is 2.07. The molecule has 0 fully saturated rings. The average molecular weight is 354 g/mol. The van der Waals surface area contributed by atoms with Gasteiger partial charge in [-0.05, 0) is 36.8 Å². The number of ether oxygens (including phenoxy) is 3. The molecular formula is C20H22N2O4. The van der Waals surface area contributed by atoms with Crippen LogP contribution in [0, 0.1) is 18.3 Å². The molecule has 136 valence electrons. The van der Waals surface area contributed by atoms with Crippen LogP contribution < -0.4 is 19.5 Å². The Morgan fingerprint density at radius 2 is 1.81 bits per heavy atom. The lowest BCUT2D eigenvalue weighted by molar-refractivity contribution is -0.120. The molecule has 0 atom stereocenters. The number of rotatable bonds is 9. The fourth-order valence-corrected chi connectivity index (χ4v) is 2.22. The van der Waals surface area contributed by atoms with Crippen molar-refractivity contribution in [3.8, 4) is 23.3 Å². The maximum Gasteiger partial charge on any atom is 0.234 e. The van der Waals surface area contributed by atoms with Crippen LogP contribution in [0.15, 0.2) is 42.5 Å². The normalized spacial score (nSPS) is 9.88. The second-order valence-electron chi connectivity index (χ2n) is 5.61. The SMILES string of the molecule is COc1cc(CNC(=O)CC#N)ccc1OCCOc1ccc(C)cc1. The van der Waals surface area contributed by atoms with E-state index >= 15 is 0 Å². The van der Waals surface area contributed by atoms with Crippen molar-refractivity contribution in [1.82, 2.24) is 5.32 Å². The number of nitrogens with one attached hydrogen (secondary N) is 1. The fraction of sp³-hybridized carbons (Fsp3) is 0.300. The van der Waals surface area contributed by atoms with Crippen LogP contribution in [-0.2, 0) is 11.3 Å². The summed E-state index contributed by atoms with van der Waals surface area (Å²) in [6, 6.07) is 15.1. The summed E-state index contributed by atoms with van der Waals surface area (Å²) >= 11 is 0. The zero-order valence-corrected chi connectivity index (χ0v) is 15.0. The van der Waals surface area contributed by atoms with Crippen LogP contribution in [0.4, 0.5) is 0 Å². The van der Waals surface area contributed by atoms with E-state index in [0.717, 1.165) is 11.3 Å². The quantitative estimate of drug-likeness (QED) is 0.700. The van der Waals surface area contributed by atoms with E-state index in [1.165, 1.54) is 5.56 Å². The van der Waals surface area contributed by atoms with E-state index in [4.69, 9.17) is 19.5 Å². The highest BCUT2D eigenvalue weighted by Crippen LogP contribution is 2.28. The number of benzene rings is 2. The Hall–Kier alpha value is -3.20. The Morgan fingerprint density at radius 1 is 1.08 bits per heavy atom. The second kappa shape index (κ2) is 9.94. The van der Waals surface area contributed by atoms with Gasteiger partial charge in [0.15, 0.2) is 11.5 Å². The number of methoxy groups -OCH3 is 1. The van der Waals surface area contributed by atoms with Crippen LogP contribution in [0.5, 0.6) is 17.2 Å². The van der Waals surface area contributed by atoms with Gasteiger partial charge in [0.2, 0.25) is 5.91 Å². The van der Waals surface area contributed by atoms with Crippen molar-refractivity contribution in [3.05, 3.63) is 53.6 Å². The van der Waals surface area contributed by atoms with Gasteiger partial charge in [-0.25, -0.2) is 0 Å². The van der Waals surface area contributed by atoms with Crippen LogP contribution in [0.3, 0.4) is 0 Å². The highest BCUT2D eigenvalue weighted by molar-refractivity contribution is 5.77. The molecule has 0 aliphatic carbocycles. The standard InChI is InChI=1S/C20H22N2O4/c1-15-3-6-17(7-4-15)25-11-12-26-18-8-5-16(13-19(18)24-2)14-22-20(23)9-10-21/h3-8,13H,9,11-12,14H2,1-2H3,(H,22,23). The van der Waals surface area contributed by atoms with E-state index in [0.29, 0.717) is 31.3 Å². The van der Waals surface area contributed by atoms with Gasteiger partial charge in [-0.3, -0.25) is 4.79 Å². The van der Waals surface area contributed by atoms with E-state index in [-0.39, 0.29) is 12.3 Å². The lowest BCUT2D eigenvalue weighted by atomic mass is 10.2. The second-order valence-corrected chi connectivity index (χ2v) is 5.61. The number of carbonyl (C=O) groups excluding carboxylic acids is 1.